The number of alkyl halides is 3. The molecular weight excluding hydrogens is 299 g/mol. The fraction of sp³-hybridized carbons (Fsp3) is 0.200. The van der Waals surface area contributed by atoms with Crippen LogP contribution < -0.4 is 4.74 Å². The van der Waals surface area contributed by atoms with Crippen LogP contribution in [0.4, 0.5) is 13.2 Å². The van der Waals surface area contributed by atoms with Gasteiger partial charge in [0.1, 0.15) is 6.61 Å². The van der Waals surface area contributed by atoms with Crippen molar-refractivity contribution >= 4 is 5.97 Å². The predicted octanol–water partition coefficient (Wildman–Crippen LogP) is 3.47. The van der Waals surface area contributed by atoms with E-state index in [0.717, 1.165) is 12.1 Å². The molecule has 0 bridgehead atoms. The summed E-state index contributed by atoms with van der Waals surface area (Å²) < 4.78 is 47.1. The van der Waals surface area contributed by atoms with Crippen LogP contribution in [-0.2, 0) is 17.5 Å². The average Bonchev–Trinajstić information content (AvgIpc) is 2.52. The predicted molar refractivity (Wildman–Crippen MR) is 71.4 cm³/mol. The molecule has 4 nitrogen and oxygen atoms in total. The second-order valence-corrected chi connectivity index (χ2v) is 4.36. The van der Waals surface area contributed by atoms with E-state index in [2.05, 4.69) is 9.72 Å². The van der Waals surface area contributed by atoms with E-state index >= 15 is 0 Å². The summed E-state index contributed by atoms with van der Waals surface area (Å²) in [7, 11) is 1.28. The van der Waals surface area contributed by atoms with Crippen molar-refractivity contribution in [1.82, 2.24) is 4.98 Å². The molecular formula is C15H12F3NO3. The van der Waals surface area contributed by atoms with E-state index in [1.54, 1.807) is 24.3 Å². The first kappa shape index (κ1) is 15.8. The van der Waals surface area contributed by atoms with Crippen LogP contribution in [0.15, 0.2) is 42.6 Å². The molecule has 0 aliphatic carbocycles. The number of halogens is 3. The number of rotatable bonds is 4. The third-order valence-corrected chi connectivity index (χ3v) is 2.80. The summed E-state index contributed by atoms with van der Waals surface area (Å²) in [5, 5.41) is 0. The van der Waals surface area contributed by atoms with Crippen molar-refractivity contribution in [1.29, 1.82) is 0 Å². The van der Waals surface area contributed by atoms with Crippen LogP contribution in [0.1, 0.15) is 21.5 Å². The lowest BCUT2D eigenvalue weighted by atomic mass is 10.1. The highest BCUT2D eigenvalue weighted by molar-refractivity contribution is 5.89. The number of ether oxygens (including phenoxy) is 2. The monoisotopic (exact) mass is 311 g/mol. The van der Waals surface area contributed by atoms with Crippen molar-refractivity contribution in [2.75, 3.05) is 7.11 Å². The van der Waals surface area contributed by atoms with Gasteiger partial charge in [-0.2, -0.15) is 13.2 Å². The molecule has 0 saturated heterocycles. The number of aromatic nitrogens is 1. The minimum atomic E-state index is -4.43. The topological polar surface area (TPSA) is 48.4 Å². The largest absolute Gasteiger partial charge is 0.473 e. The van der Waals surface area contributed by atoms with Crippen LogP contribution in [-0.4, -0.2) is 18.1 Å². The molecule has 0 atom stereocenters. The van der Waals surface area contributed by atoms with Crippen molar-refractivity contribution in [3.63, 3.8) is 0 Å². The maximum Gasteiger partial charge on any atom is 0.417 e. The number of esters is 1. The summed E-state index contributed by atoms with van der Waals surface area (Å²) in [6.07, 6.45) is -3.72. The number of nitrogens with zero attached hydrogens (tertiary/aromatic N) is 1. The molecule has 0 amide bonds. The fourth-order valence-corrected chi connectivity index (χ4v) is 1.70. The summed E-state index contributed by atoms with van der Waals surface area (Å²) in [6, 6.07) is 8.59. The molecule has 0 aliphatic heterocycles. The minimum absolute atomic E-state index is 0.0662. The van der Waals surface area contributed by atoms with Crippen LogP contribution in [0, 0.1) is 0 Å². The first-order chi connectivity index (χ1) is 10.4. The molecule has 0 spiro atoms. The third-order valence-electron chi connectivity index (χ3n) is 2.80. The lowest BCUT2D eigenvalue weighted by molar-refractivity contribution is -0.137. The highest BCUT2D eigenvalue weighted by atomic mass is 19.4. The van der Waals surface area contributed by atoms with E-state index < -0.39 is 17.7 Å². The van der Waals surface area contributed by atoms with Crippen molar-refractivity contribution in [2.45, 2.75) is 12.8 Å². The Morgan fingerprint density at radius 2 is 2.00 bits per heavy atom. The lowest BCUT2D eigenvalue weighted by Gasteiger charge is -2.09. The summed E-state index contributed by atoms with van der Waals surface area (Å²) in [6.45, 7) is 0.0726. The fourth-order valence-electron chi connectivity index (χ4n) is 1.70. The van der Waals surface area contributed by atoms with E-state index in [1.165, 1.54) is 7.11 Å². The first-order valence-electron chi connectivity index (χ1n) is 6.23. The Bertz CT molecular complexity index is 654. The Hall–Kier alpha value is -2.57. The number of hydrogen-bond donors (Lipinski definition) is 0. The molecule has 0 fully saturated rings. The molecule has 7 heteroatoms. The second-order valence-electron chi connectivity index (χ2n) is 4.36. The van der Waals surface area contributed by atoms with Gasteiger partial charge >= 0.3 is 12.1 Å². The van der Waals surface area contributed by atoms with E-state index in [9.17, 15) is 18.0 Å². The van der Waals surface area contributed by atoms with Gasteiger partial charge in [0.25, 0.3) is 0 Å². The van der Waals surface area contributed by atoms with Gasteiger partial charge in [-0.15, -0.1) is 0 Å². The SMILES string of the molecule is COC(=O)c1cccc(COc2ccc(C(F)(F)F)cn2)c1. The first-order valence-corrected chi connectivity index (χ1v) is 6.23. The number of carbonyl (C=O) groups is 1. The Labute approximate surface area is 124 Å². The van der Waals surface area contributed by atoms with Crippen LogP contribution in [0.3, 0.4) is 0 Å². The molecule has 0 N–H and O–H groups in total. The van der Waals surface area contributed by atoms with Gasteiger partial charge in [-0.05, 0) is 23.8 Å². The summed E-state index contributed by atoms with van der Waals surface area (Å²) in [4.78, 5) is 15.0. The second kappa shape index (κ2) is 6.46. The molecule has 22 heavy (non-hydrogen) atoms. The van der Waals surface area contributed by atoms with E-state index in [4.69, 9.17) is 4.74 Å². The van der Waals surface area contributed by atoms with E-state index in [0.29, 0.717) is 17.3 Å². The zero-order valence-corrected chi connectivity index (χ0v) is 11.6. The number of pyridine rings is 1. The number of carbonyl (C=O) groups excluding carboxylic acids is 1. The molecule has 2 aromatic rings. The van der Waals surface area contributed by atoms with Gasteiger partial charge < -0.3 is 9.47 Å². The van der Waals surface area contributed by atoms with Gasteiger partial charge in [-0.3, -0.25) is 0 Å². The standard InChI is InChI=1S/C15H12F3NO3/c1-21-14(20)11-4-2-3-10(7-11)9-22-13-6-5-12(8-19-13)15(16,17)18/h2-8H,9H2,1H3. The van der Waals surface area contributed by atoms with Crippen molar-refractivity contribution in [3.05, 3.63) is 59.3 Å². The van der Waals surface area contributed by atoms with Crippen molar-refractivity contribution < 1.29 is 27.4 Å². The zero-order chi connectivity index (χ0) is 16.2. The molecule has 0 unspecified atom stereocenters. The Morgan fingerprint density at radius 1 is 1.23 bits per heavy atom. The van der Waals surface area contributed by atoms with Crippen LogP contribution in [0.5, 0.6) is 5.88 Å². The maximum atomic E-state index is 12.4. The molecule has 1 aromatic carbocycles. The molecule has 0 radical (unpaired) electrons. The lowest BCUT2D eigenvalue weighted by Crippen LogP contribution is -2.06. The number of methoxy groups -OCH3 is 1. The highest BCUT2D eigenvalue weighted by Crippen LogP contribution is 2.29. The molecule has 0 aliphatic rings. The molecule has 1 aromatic heterocycles. The van der Waals surface area contributed by atoms with Crippen LogP contribution in [0.2, 0.25) is 0 Å². The van der Waals surface area contributed by atoms with E-state index in [1.807, 2.05) is 0 Å². The summed E-state index contributed by atoms with van der Waals surface area (Å²) in [5.41, 5.74) is 0.195. The van der Waals surface area contributed by atoms with Crippen LogP contribution >= 0.6 is 0 Å². The summed E-state index contributed by atoms with van der Waals surface area (Å²) >= 11 is 0. The minimum Gasteiger partial charge on any atom is -0.473 e. The Balaban J connectivity index is 2.03. The Kier molecular flexibility index (Phi) is 4.65. The van der Waals surface area contributed by atoms with Crippen LogP contribution in [0.25, 0.3) is 0 Å². The van der Waals surface area contributed by atoms with Gasteiger partial charge in [0.2, 0.25) is 5.88 Å². The molecule has 2 rings (SSSR count). The smallest absolute Gasteiger partial charge is 0.417 e. The summed E-state index contributed by atoms with van der Waals surface area (Å²) in [5.74, 6) is -0.411. The Morgan fingerprint density at radius 3 is 2.59 bits per heavy atom. The van der Waals surface area contributed by atoms with E-state index in [-0.39, 0.29) is 12.5 Å². The van der Waals surface area contributed by atoms with Crippen molar-refractivity contribution in [3.8, 4) is 5.88 Å². The van der Waals surface area contributed by atoms with Gasteiger partial charge in [0.15, 0.2) is 0 Å². The number of benzene rings is 1. The normalized spacial score (nSPS) is 11.1. The third kappa shape index (κ3) is 3.97. The van der Waals surface area contributed by atoms with Gasteiger partial charge in [0.05, 0.1) is 18.2 Å². The molecule has 1 heterocycles. The zero-order valence-electron chi connectivity index (χ0n) is 11.6. The average molecular weight is 311 g/mol. The van der Waals surface area contributed by atoms with Gasteiger partial charge in [0, 0.05) is 12.3 Å². The molecule has 116 valence electrons. The quantitative estimate of drug-likeness (QED) is 0.811. The highest BCUT2D eigenvalue weighted by Gasteiger charge is 2.30. The molecule has 0 saturated carbocycles. The number of hydrogen-bond acceptors (Lipinski definition) is 4. The maximum absolute atomic E-state index is 12.4. The van der Waals surface area contributed by atoms with Gasteiger partial charge in [-0.1, -0.05) is 12.1 Å². The van der Waals surface area contributed by atoms with Crippen molar-refractivity contribution in [2.24, 2.45) is 0 Å². The van der Waals surface area contributed by atoms with Gasteiger partial charge in [-0.25, -0.2) is 9.78 Å².